The lowest BCUT2D eigenvalue weighted by molar-refractivity contribution is 1.34. The topological polar surface area (TPSA) is 0 Å². The maximum atomic E-state index is 5.91. The highest BCUT2D eigenvalue weighted by Crippen LogP contribution is 2.43. The van der Waals surface area contributed by atoms with Gasteiger partial charge in [-0.3, -0.25) is 0 Å². The van der Waals surface area contributed by atoms with Gasteiger partial charge >= 0.3 is 0 Å². The van der Waals surface area contributed by atoms with Crippen LogP contribution in [0, 0.1) is 0 Å². The molecule has 0 aromatic heterocycles. The van der Waals surface area contributed by atoms with Crippen molar-refractivity contribution >= 4 is 22.5 Å². The first-order valence-corrected chi connectivity index (χ1v) is 7.41. The zero-order chi connectivity index (χ0) is 11.2. The van der Waals surface area contributed by atoms with Gasteiger partial charge in [0.25, 0.3) is 0 Å². The molecule has 0 aliphatic carbocycles. The molecule has 0 amide bonds. The van der Waals surface area contributed by atoms with Crippen molar-refractivity contribution in [3.63, 3.8) is 0 Å². The Bertz CT molecular complexity index is 374. The fourth-order valence-electron chi connectivity index (χ4n) is 1.71. The second kappa shape index (κ2) is 5.97. The second-order valence-corrected chi connectivity index (χ2v) is 6.23. The molecule has 2 aromatic carbocycles. The molecule has 0 unspecified atom stereocenters. The van der Waals surface area contributed by atoms with Crippen molar-refractivity contribution in [3.05, 3.63) is 60.7 Å². The molecule has 0 bridgehead atoms. The van der Waals surface area contributed by atoms with Crippen molar-refractivity contribution in [2.75, 3.05) is 11.6 Å². The minimum atomic E-state index is -0.283. The lowest BCUT2D eigenvalue weighted by Gasteiger charge is -2.21. The average Bonchev–Trinajstić information content (AvgIpc) is 2.38. The summed E-state index contributed by atoms with van der Waals surface area (Å²) in [5.74, 6) is 1.76. The largest absolute Gasteiger partial charge is 0.199 e. The summed E-state index contributed by atoms with van der Waals surface area (Å²) in [4.78, 5) is 2.81. The smallest absolute Gasteiger partial charge is 0.0303 e. The predicted molar refractivity (Wildman–Crippen MR) is 74.0 cm³/mol. The van der Waals surface area contributed by atoms with Crippen molar-refractivity contribution in [3.8, 4) is 0 Å². The highest BCUT2D eigenvalue weighted by molar-refractivity contribution is 8.17. The first-order chi connectivity index (χ1) is 7.92. The molecule has 84 valence electrons. The first-order valence-electron chi connectivity index (χ1n) is 5.35. The van der Waals surface area contributed by atoms with Crippen LogP contribution in [0.4, 0.5) is 0 Å². The molecule has 0 fully saturated rings. The Balaban J connectivity index is 2.31. The Kier molecular flexibility index (Phi) is 4.32. The van der Waals surface area contributed by atoms with Gasteiger partial charge in [-0.05, 0) is 15.5 Å². The van der Waals surface area contributed by atoms with E-state index in [9.17, 15) is 0 Å². The molecular weight excluding hydrogens is 236 g/mol. The number of rotatable bonds is 4. The van der Waals surface area contributed by atoms with Gasteiger partial charge in [-0.2, -0.15) is 10.9 Å². The van der Waals surface area contributed by atoms with Gasteiger partial charge in [0.05, 0.1) is 0 Å². The van der Waals surface area contributed by atoms with Crippen LogP contribution in [0.3, 0.4) is 0 Å². The summed E-state index contributed by atoms with van der Waals surface area (Å²) in [5.41, 5.74) is 0. The van der Waals surface area contributed by atoms with E-state index in [0.29, 0.717) is 0 Å². The molecule has 2 heteroatoms. The van der Waals surface area contributed by atoms with Crippen LogP contribution in [0.15, 0.2) is 70.5 Å². The van der Waals surface area contributed by atoms with E-state index in [1.165, 1.54) is 9.79 Å². The SMILES string of the molecule is ClCC[SH](c1ccccc1)c1ccccc1. The summed E-state index contributed by atoms with van der Waals surface area (Å²) in [7, 11) is -0.283. The Morgan fingerprint density at radius 2 is 1.19 bits per heavy atom. The first kappa shape index (κ1) is 11.6. The van der Waals surface area contributed by atoms with E-state index in [4.69, 9.17) is 11.6 Å². The minimum Gasteiger partial charge on any atom is -0.199 e. The second-order valence-electron chi connectivity index (χ2n) is 3.51. The molecule has 0 atom stereocenters. The van der Waals surface area contributed by atoms with Crippen molar-refractivity contribution in [1.82, 2.24) is 0 Å². The summed E-state index contributed by atoms with van der Waals surface area (Å²) in [6.45, 7) is 0. The van der Waals surface area contributed by atoms with Gasteiger partial charge in [0.2, 0.25) is 0 Å². The monoisotopic (exact) mass is 250 g/mol. The standard InChI is InChI=1S/C14H15ClS/c15-11-12-16(13-7-3-1-4-8-13)14-9-5-2-6-10-14/h1-10,16H,11-12H2. The molecule has 2 aromatic rings. The number of thiol groups is 1. The molecule has 0 nitrogen and oxygen atoms in total. The van der Waals surface area contributed by atoms with Gasteiger partial charge in [0, 0.05) is 5.88 Å². The lowest BCUT2D eigenvalue weighted by atomic mass is 10.4. The number of halogens is 1. The van der Waals surface area contributed by atoms with Gasteiger partial charge in [0.1, 0.15) is 0 Å². The Morgan fingerprint density at radius 3 is 1.56 bits per heavy atom. The third-order valence-corrected chi connectivity index (χ3v) is 5.41. The number of benzene rings is 2. The van der Waals surface area contributed by atoms with Gasteiger partial charge in [0.15, 0.2) is 0 Å². The van der Waals surface area contributed by atoms with Crippen molar-refractivity contribution in [2.24, 2.45) is 0 Å². The number of alkyl halides is 1. The minimum absolute atomic E-state index is 0.283. The summed E-state index contributed by atoms with van der Waals surface area (Å²) in [6, 6.07) is 21.3. The van der Waals surface area contributed by atoms with E-state index in [-0.39, 0.29) is 10.9 Å². The third-order valence-electron chi connectivity index (χ3n) is 2.44. The highest BCUT2D eigenvalue weighted by atomic mass is 35.5. The van der Waals surface area contributed by atoms with Gasteiger partial charge in [-0.15, -0.1) is 11.6 Å². The normalized spacial score (nSPS) is 11.2. The number of hydrogen-bond acceptors (Lipinski definition) is 0. The van der Waals surface area contributed by atoms with E-state index in [2.05, 4.69) is 60.7 Å². The number of hydrogen-bond donors (Lipinski definition) is 1. The molecule has 0 spiro atoms. The van der Waals surface area contributed by atoms with Crippen LogP contribution in [-0.2, 0) is 0 Å². The molecule has 0 aliphatic heterocycles. The zero-order valence-corrected chi connectivity index (χ0v) is 10.7. The van der Waals surface area contributed by atoms with Crippen molar-refractivity contribution in [1.29, 1.82) is 0 Å². The molecule has 2 rings (SSSR count). The molecular formula is C14H15ClS. The van der Waals surface area contributed by atoms with Crippen molar-refractivity contribution < 1.29 is 0 Å². The average molecular weight is 251 g/mol. The zero-order valence-electron chi connectivity index (χ0n) is 9.01. The van der Waals surface area contributed by atoms with Crippen LogP contribution < -0.4 is 0 Å². The van der Waals surface area contributed by atoms with Gasteiger partial charge in [-0.1, -0.05) is 60.7 Å². The van der Waals surface area contributed by atoms with E-state index >= 15 is 0 Å². The van der Waals surface area contributed by atoms with E-state index in [1.807, 2.05) is 0 Å². The van der Waals surface area contributed by atoms with Crippen LogP contribution in [0.2, 0.25) is 0 Å². The van der Waals surface area contributed by atoms with Gasteiger partial charge < -0.3 is 0 Å². The molecule has 0 N–H and O–H groups in total. The molecule has 0 saturated heterocycles. The Labute approximate surface area is 105 Å². The summed E-state index contributed by atoms with van der Waals surface area (Å²) in [6.07, 6.45) is 0. The van der Waals surface area contributed by atoms with E-state index in [1.54, 1.807) is 0 Å². The Hall–Kier alpha value is -0.920. The predicted octanol–water partition coefficient (Wildman–Crippen LogP) is 4.34. The van der Waals surface area contributed by atoms with Crippen molar-refractivity contribution in [2.45, 2.75) is 9.79 Å². The van der Waals surface area contributed by atoms with Gasteiger partial charge in [-0.25, -0.2) is 0 Å². The molecule has 0 saturated carbocycles. The summed E-state index contributed by atoms with van der Waals surface area (Å²) in [5, 5.41) is 0. The molecule has 16 heavy (non-hydrogen) atoms. The van der Waals surface area contributed by atoms with Crippen LogP contribution in [0.25, 0.3) is 0 Å². The molecule has 0 radical (unpaired) electrons. The summed E-state index contributed by atoms with van der Waals surface area (Å²) < 4.78 is 0. The van der Waals surface area contributed by atoms with Crippen LogP contribution in [-0.4, -0.2) is 11.6 Å². The third kappa shape index (κ3) is 2.81. The molecule has 0 aliphatic rings. The lowest BCUT2D eigenvalue weighted by Crippen LogP contribution is -1.92. The fraction of sp³-hybridized carbons (Fsp3) is 0.143. The van der Waals surface area contributed by atoms with Crippen LogP contribution in [0.1, 0.15) is 0 Å². The highest BCUT2D eigenvalue weighted by Gasteiger charge is 2.07. The van der Waals surface area contributed by atoms with E-state index < -0.39 is 0 Å². The van der Waals surface area contributed by atoms with Crippen LogP contribution >= 0.6 is 22.5 Å². The fourth-order valence-corrected chi connectivity index (χ4v) is 4.26. The summed E-state index contributed by atoms with van der Waals surface area (Å²) >= 11 is 5.91. The van der Waals surface area contributed by atoms with E-state index in [0.717, 1.165) is 11.6 Å². The maximum absolute atomic E-state index is 5.91. The molecule has 0 heterocycles. The quantitative estimate of drug-likeness (QED) is 0.606. The van der Waals surface area contributed by atoms with Crippen LogP contribution in [0.5, 0.6) is 0 Å². The maximum Gasteiger partial charge on any atom is 0.0303 e. The Morgan fingerprint density at radius 1 is 0.750 bits per heavy atom.